The molecule has 0 bridgehead atoms. The topological polar surface area (TPSA) is 71.1 Å². The molecule has 3 aromatic rings. The Balaban J connectivity index is 1.62. The van der Waals surface area contributed by atoms with Crippen LogP contribution in [0, 0.1) is 5.41 Å². The van der Waals surface area contributed by atoms with E-state index in [1.165, 1.54) is 0 Å². The predicted octanol–water partition coefficient (Wildman–Crippen LogP) is 4.19. The Kier molecular flexibility index (Phi) is 5.73. The zero-order chi connectivity index (χ0) is 20.1. The number of anilines is 1. The summed E-state index contributed by atoms with van der Waals surface area (Å²) in [5.74, 6) is -0.256. The molecular weight excluding hydrogens is 350 g/mol. The monoisotopic (exact) mass is 375 g/mol. The van der Waals surface area contributed by atoms with Crippen LogP contribution >= 0.6 is 0 Å². The van der Waals surface area contributed by atoms with Gasteiger partial charge < -0.3 is 10.6 Å². The van der Waals surface area contributed by atoms with Crippen molar-refractivity contribution in [1.29, 1.82) is 0 Å². The highest BCUT2D eigenvalue weighted by atomic mass is 16.2. The molecule has 0 atom stereocenters. The lowest BCUT2D eigenvalue weighted by Gasteiger charge is -2.18. The van der Waals surface area contributed by atoms with Crippen LogP contribution in [0.1, 0.15) is 36.7 Å². The second-order valence-electron chi connectivity index (χ2n) is 7.78. The van der Waals surface area contributed by atoms with Crippen LogP contribution in [0.3, 0.4) is 0 Å². The van der Waals surface area contributed by atoms with E-state index in [2.05, 4.69) is 15.6 Å². The molecule has 2 aromatic carbocycles. The lowest BCUT2D eigenvalue weighted by atomic mass is 9.95. The van der Waals surface area contributed by atoms with Gasteiger partial charge in [-0.25, -0.2) is 0 Å². The van der Waals surface area contributed by atoms with E-state index in [1.54, 1.807) is 30.5 Å². The van der Waals surface area contributed by atoms with E-state index in [1.807, 2.05) is 51.1 Å². The van der Waals surface area contributed by atoms with Gasteiger partial charge in [-0.15, -0.1) is 0 Å². The molecular formula is C23H25N3O2. The second-order valence-corrected chi connectivity index (χ2v) is 7.78. The maximum atomic E-state index is 12.5. The number of nitrogens with one attached hydrogen (secondary N) is 2. The summed E-state index contributed by atoms with van der Waals surface area (Å²) in [4.78, 5) is 29.1. The predicted molar refractivity (Wildman–Crippen MR) is 112 cm³/mol. The van der Waals surface area contributed by atoms with Gasteiger partial charge in [0, 0.05) is 34.8 Å². The van der Waals surface area contributed by atoms with Crippen LogP contribution < -0.4 is 10.6 Å². The van der Waals surface area contributed by atoms with Crippen LogP contribution in [0.25, 0.3) is 10.9 Å². The lowest BCUT2D eigenvalue weighted by molar-refractivity contribution is -0.123. The largest absolute Gasteiger partial charge is 0.352 e. The Morgan fingerprint density at radius 2 is 1.75 bits per heavy atom. The highest BCUT2D eigenvalue weighted by molar-refractivity contribution is 5.98. The molecule has 0 aliphatic carbocycles. The third-order valence-corrected chi connectivity index (χ3v) is 4.46. The normalized spacial score (nSPS) is 11.2. The molecule has 0 radical (unpaired) electrons. The number of amides is 2. The first kappa shape index (κ1) is 19.5. The van der Waals surface area contributed by atoms with Gasteiger partial charge in [-0.2, -0.15) is 0 Å². The summed E-state index contributed by atoms with van der Waals surface area (Å²) >= 11 is 0. The number of nitrogens with zero attached hydrogens (tertiary/aromatic N) is 1. The van der Waals surface area contributed by atoms with Crippen molar-refractivity contribution in [2.75, 3.05) is 11.9 Å². The van der Waals surface area contributed by atoms with Crippen molar-refractivity contribution in [2.45, 2.75) is 27.2 Å². The van der Waals surface area contributed by atoms with Crippen molar-refractivity contribution in [2.24, 2.45) is 5.41 Å². The van der Waals surface area contributed by atoms with E-state index in [0.29, 0.717) is 24.2 Å². The number of pyridine rings is 1. The minimum Gasteiger partial charge on any atom is -0.352 e. The third-order valence-electron chi connectivity index (χ3n) is 4.46. The van der Waals surface area contributed by atoms with E-state index in [9.17, 15) is 9.59 Å². The molecule has 5 heteroatoms. The fraction of sp³-hybridized carbons (Fsp3) is 0.261. The Bertz CT molecular complexity index is 1000. The average Bonchev–Trinajstić information content (AvgIpc) is 2.67. The number of rotatable bonds is 5. The maximum absolute atomic E-state index is 12.5. The lowest BCUT2D eigenvalue weighted by Crippen LogP contribution is -2.28. The number of benzene rings is 2. The number of aromatic nitrogens is 1. The first-order valence-electron chi connectivity index (χ1n) is 9.37. The summed E-state index contributed by atoms with van der Waals surface area (Å²) in [6.07, 6.45) is 2.47. The van der Waals surface area contributed by atoms with E-state index in [4.69, 9.17) is 0 Å². The number of hydrogen-bond donors (Lipinski definition) is 2. The van der Waals surface area contributed by atoms with Crippen LogP contribution in [0.2, 0.25) is 0 Å². The molecule has 144 valence electrons. The van der Waals surface area contributed by atoms with Gasteiger partial charge >= 0.3 is 0 Å². The molecule has 28 heavy (non-hydrogen) atoms. The van der Waals surface area contributed by atoms with E-state index in [-0.39, 0.29) is 11.8 Å². The minimum atomic E-state index is -0.495. The van der Waals surface area contributed by atoms with Crippen molar-refractivity contribution < 1.29 is 9.59 Å². The van der Waals surface area contributed by atoms with Gasteiger partial charge in [0.2, 0.25) is 5.91 Å². The molecule has 0 spiro atoms. The number of carbonyl (C=O) groups is 2. The Hall–Kier alpha value is -3.21. The molecule has 3 rings (SSSR count). The first-order chi connectivity index (χ1) is 13.3. The molecule has 0 aliphatic rings. The summed E-state index contributed by atoms with van der Waals surface area (Å²) in [6.45, 7) is 6.05. The van der Waals surface area contributed by atoms with Crippen LogP contribution in [0.5, 0.6) is 0 Å². The van der Waals surface area contributed by atoms with Crippen LogP contribution in [-0.4, -0.2) is 23.3 Å². The second kappa shape index (κ2) is 8.21. The number of carbonyl (C=O) groups excluding carboxylic acids is 2. The average molecular weight is 375 g/mol. The molecule has 0 unspecified atom stereocenters. The summed E-state index contributed by atoms with van der Waals surface area (Å²) in [5, 5.41) is 6.89. The summed E-state index contributed by atoms with van der Waals surface area (Å²) in [5.41, 5.74) is 2.70. The van der Waals surface area contributed by atoms with Crippen molar-refractivity contribution in [3.05, 3.63) is 71.9 Å². The Labute approximate surface area is 165 Å². The molecule has 1 heterocycles. The van der Waals surface area contributed by atoms with Gasteiger partial charge in [0.1, 0.15) is 0 Å². The van der Waals surface area contributed by atoms with Gasteiger partial charge in [-0.1, -0.05) is 51.1 Å². The third kappa shape index (κ3) is 4.74. The van der Waals surface area contributed by atoms with Gasteiger partial charge in [0.05, 0.1) is 5.52 Å². The summed E-state index contributed by atoms with van der Waals surface area (Å²) in [7, 11) is 0. The smallest absolute Gasteiger partial charge is 0.251 e. The SMILES string of the molecule is CC(C)(C)C(=O)Nc1cccc(C(=O)NCCc2cccc3cccnc23)c1. The Morgan fingerprint density at radius 3 is 2.54 bits per heavy atom. The van der Waals surface area contributed by atoms with Crippen molar-refractivity contribution in [1.82, 2.24) is 10.3 Å². The Morgan fingerprint density at radius 1 is 1.00 bits per heavy atom. The van der Waals surface area contributed by atoms with Crippen LogP contribution in [0.4, 0.5) is 5.69 Å². The number of hydrogen-bond acceptors (Lipinski definition) is 3. The molecule has 0 aliphatic heterocycles. The van der Waals surface area contributed by atoms with E-state index in [0.717, 1.165) is 16.5 Å². The molecule has 2 amide bonds. The molecule has 5 nitrogen and oxygen atoms in total. The maximum Gasteiger partial charge on any atom is 0.251 e. The fourth-order valence-corrected chi connectivity index (χ4v) is 2.84. The van der Waals surface area contributed by atoms with Gasteiger partial charge in [0.15, 0.2) is 0 Å². The summed E-state index contributed by atoms with van der Waals surface area (Å²) in [6, 6.07) is 17.0. The zero-order valence-electron chi connectivity index (χ0n) is 16.5. The zero-order valence-corrected chi connectivity index (χ0v) is 16.5. The number of para-hydroxylation sites is 1. The fourth-order valence-electron chi connectivity index (χ4n) is 2.84. The van der Waals surface area contributed by atoms with Crippen LogP contribution in [-0.2, 0) is 11.2 Å². The van der Waals surface area contributed by atoms with Crippen LogP contribution in [0.15, 0.2) is 60.8 Å². The molecule has 2 N–H and O–H groups in total. The summed E-state index contributed by atoms with van der Waals surface area (Å²) < 4.78 is 0. The molecule has 1 aromatic heterocycles. The molecule has 0 fully saturated rings. The standard InChI is InChI=1S/C23H25N3O2/c1-23(2,3)22(28)26-19-11-5-9-18(15-19)21(27)25-14-12-17-8-4-7-16-10-6-13-24-20(16)17/h4-11,13,15H,12,14H2,1-3H3,(H,25,27)(H,26,28). The van der Waals surface area contributed by atoms with Crippen molar-refractivity contribution in [3.8, 4) is 0 Å². The van der Waals surface area contributed by atoms with Crippen molar-refractivity contribution in [3.63, 3.8) is 0 Å². The van der Waals surface area contributed by atoms with Crippen molar-refractivity contribution >= 4 is 28.4 Å². The number of fused-ring (bicyclic) bond motifs is 1. The molecule has 0 saturated carbocycles. The highest BCUT2D eigenvalue weighted by Crippen LogP contribution is 2.19. The van der Waals surface area contributed by atoms with E-state index >= 15 is 0 Å². The van der Waals surface area contributed by atoms with E-state index < -0.39 is 5.41 Å². The first-order valence-corrected chi connectivity index (χ1v) is 9.37. The molecule has 0 saturated heterocycles. The van der Waals surface area contributed by atoms with Gasteiger partial charge in [-0.3, -0.25) is 14.6 Å². The highest BCUT2D eigenvalue weighted by Gasteiger charge is 2.21. The van der Waals surface area contributed by atoms with Gasteiger partial charge in [0.25, 0.3) is 5.91 Å². The quantitative estimate of drug-likeness (QED) is 0.702. The minimum absolute atomic E-state index is 0.0893. The van der Waals surface area contributed by atoms with Gasteiger partial charge in [-0.05, 0) is 36.2 Å².